The van der Waals surface area contributed by atoms with E-state index in [0.717, 1.165) is 16.1 Å². The highest BCUT2D eigenvalue weighted by molar-refractivity contribution is 7.22. The predicted octanol–water partition coefficient (Wildman–Crippen LogP) is 2.89. The minimum absolute atomic E-state index is 0.318. The van der Waals surface area contributed by atoms with Crippen molar-refractivity contribution in [3.8, 4) is 11.5 Å². The smallest absolute Gasteiger partial charge is 0.262 e. The Morgan fingerprint density at radius 1 is 1.00 bits per heavy atom. The lowest BCUT2D eigenvalue weighted by atomic mass is 10.1. The number of carbonyl (C=O) groups is 3. The van der Waals surface area contributed by atoms with Gasteiger partial charge in [0.15, 0.2) is 16.6 Å². The molecule has 10 heteroatoms. The van der Waals surface area contributed by atoms with Gasteiger partial charge in [-0.05, 0) is 39.2 Å². The molecule has 1 aliphatic rings. The first-order valence-electron chi connectivity index (χ1n) is 10.8. The van der Waals surface area contributed by atoms with Crippen molar-refractivity contribution in [3.05, 3.63) is 47.5 Å². The van der Waals surface area contributed by atoms with Crippen LogP contribution in [-0.4, -0.2) is 80.5 Å². The van der Waals surface area contributed by atoms with Gasteiger partial charge in [-0.1, -0.05) is 23.5 Å². The van der Waals surface area contributed by atoms with Crippen molar-refractivity contribution in [1.82, 2.24) is 14.8 Å². The number of rotatable bonds is 9. The quantitative estimate of drug-likeness (QED) is 0.433. The number of carbonyl (C=O) groups excluding carboxylic acids is 3. The molecule has 4 rings (SSSR count). The topological polar surface area (TPSA) is 92.3 Å². The van der Waals surface area contributed by atoms with Crippen molar-refractivity contribution in [2.75, 3.05) is 52.8 Å². The van der Waals surface area contributed by atoms with Gasteiger partial charge in [0, 0.05) is 18.7 Å². The number of hydrogen-bond donors (Lipinski definition) is 0. The third-order valence-electron chi connectivity index (χ3n) is 5.57. The van der Waals surface area contributed by atoms with E-state index in [1.807, 2.05) is 25.1 Å². The number of benzene rings is 2. The molecule has 0 atom stereocenters. The molecule has 0 radical (unpaired) electrons. The van der Waals surface area contributed by atoms with E-state index in [1.54, 1.807) is 49.5 Å². The number of imide groups is 1. The first kappa shape index (κ1) is 23.7. The van der Waals surface area contributed by atoms with Crippen LogP contribution in [0.4, 0.5) is 5.13 Å². The van der Waals surface area contributed by atoms with Crippen LogP contribution in [0.15, 0.2) is 36.4 Å². The minimum atomic E-state index is -0.457. The Bertz CT molecular complexity index is 1180. The Balaban J connectivity index is 1.63. The zero-order valence-electron chi connectivity index (χ0n) is 19.5. The Labute approximate surface area is 201 Å². The lowest BCUT2D eigenvalue weighted by molar-refractivity contribution is -0.119. The van der Waals surface area contributed by atoms with Gasteiger partial charge in [-0.25, -0.2) is 4.98 Å². The molecule has 1 aliphatic heterocycles. The summed E-state index contributed by atoms with van der Waals surface area (Å²) in [4.78, 5) is 48.2. The van der Waals surface area contributed by atoms with Gasteiger partial charge in [0.05, 0.1) is 35.6 Å². The van der Waals surface area contributed by atoms with Gasteiger partial charge in [0.25, 0.3) is 11.8 Å². The minimum Gasteiger partial charge on any atom is -0.493 e. The molecule has 0 saturated heterocycles. The third-order valence-corrected chi connectivity index (χ3v) is 6.61. The molecule has 0 bridgehead atoms. The molecule has 0 saturated carbocycles. The molecule has 0 fully saturated rings. The van der Waals surface area contributed by atoms with Crippen LogP contribution in [-0.2, 0) is 4.79 Å². The molecule has 2 aromatic carbocycles. The van der Waals surface area contributed by atoms with Gasteiger partial charge in [-0.3, -0.25) is 24.2 Å². The van der Waals surface area contributed by atoms with Gasteiger partial charge < -0.3 is 14.4 Å². The molecular weight excluding hydrogens is 456 g/mol. The summed E-state index contributed by atoms with van der Waals surface area (Å²) in [6.07, 6.45) is 0.698. The fourth-order valence-corrected chi connectivity index (χ4v) is 4.85. The third kappa shape index (κ3) is 4.46. The van der Waals surface area contributed by atoms with E-state index in [2.05, 4.69) is 4.98 Å². The van der Waals surface area contributed by atoms with E-state index < -0.39 is 11.8 Å². The molecule has 0 aliphatic carbocycles. The van der Waals surface area contributed by atoms with E-state index in [-0.39, 0.29) is 12.5 Å². The average Bonchev–Trinajstić information content (AvgIpc) is 3.34. The number of fused-ring (bicyclic) bond motifs is 2. The predicted molar refractivity (Wildman–Crippen MR) is 130 cm³/mol. The van der Waals surface area contributed by atoms with Crippen LogP contribution in [0.3, 0.4) is 0 Å². The summed E-state index contributed by atoms with van der Waals surface area (Å²) in [5.74, 6) is -0.168. The maximum absolute atomic E-state index is 13.4. The lowest BCUT2D eigenvalue weighted by Crippen LogP contribution is -2.43. The average molecular weight is 483 g/mol. The molecule has 178 valence electrons. The Kier molecular flexibility index (Phi) is 6.80. The van der Waals surface area contributed by atoms with Gasteiger partial charge in [0.1, 0.15) is 6.54 Å². The van der Waals surface area contributed by atoms with Crippen molar-refractivity contribution in [1.29, 1.82) is 0 Å². The highest BCUT2D eigenvalue weighted by Crippen LogP contribution is 2.37. The van der Waals surface area contributed by atoms with Crippen LogP contribution >= 0.6 is 11.3 Å². The van der Waals surface area contributed by atoms with Crippen LogP contribution in [0.1, 0.15) is 27.1 Å². The molecular formula is C24H26N4O5S. The SMILES string of the molecule is COc1cc2nc(N(CCCN(C)C)C(=O)CN3C(=O)c4ccccc4C3=O)sc2cc1OC. The van der Waals surface area contributed by atoms with E-state index in [1.165, 1.54) is 11.3 Å². The fraction of sp³-hybridized carbons (Fsp3) is 0.333. The number of hydrogen-bond acceptors (Lipinski definition) is 8. The molecule has 0 spiro atoms. The first-order valence-corrected chi connectivity index (χ1v) is 11.6. The van der Waals surface area contributed by atoms with Crippen molar-refractivity contribution in [2.45, 2.75) is 6.42 Å². The molecule has 3 aromatic rings. The summed E-state index contributed by atoms with van der Waals surface area (Å²) in [6.45, 7) is 0.814. The second kappa shape index (κ2) is 9.78. The number of amides is 3. The monoisotopic (exact) mass is 482 g/mol. The van der Waals surface area contributed by atoms with Crippen LogP contribution in [0, 0.1) is 0 Å². The maximum atomic E-state index is 13.4. The van der Waals surface area contributed by atoms with Gasteiger partial charge in [-0.2, -0.15) is 0 Å². The van der Waals surface area contributed by atoms with Crippen LogP contribution in [0.2, 0.25) is 0 Å². The summed E-state index contributed by atoms with van der Waals surface area (Å²) in [5.41, 5.74) is 1.31. The molecule has 9 nitrogen and oxygen atoms in total. The number of anilines is 1. The molecule has 1 aromatic heterocycles. The fourth-order valence-electron chi connectivity index (χ4n) is 3.83. The Morgan fingerprint density at radius 3 is 2.21 bits per heavy atom. The summed E-state index contributed by atoms with van der Waals surface area (Å²) < 4.78 is 11.6. The summed E-state index contributed by atoms with van der Waals surface area (Å²) in [6, 6.07) is 10.2. The van der Waals surface area contributed by atoms with Crippen molar-refractivity contribution in [2.24, 2.45) is 0 Å². The second-order valence-corrected chi connectivity index (χ2v) is 9.12. The lowest BCUT2D eigenvalue weighted by Gasteiger charge is -2.23. The molecule has 0 unspecified atom stereocenters. The van der Waals surface area contributed by atoms with Gasteiger partial charge >= 0.3 is 0 Å². The van der Waals surface area contributed by atoms with Crippen LogP contribution in [0.5, 0.6) is 11.5 Å². The normalized spacial score (nSPS) is 13.0. The number of ether oxygens (including phenoxy) is 2. The zero-order valence-corrected chi connectivity index (χ0v) is 20.3. The number of thiazole rings is 1. The summed E-state index contributed by atoms with van der Waals surface area (Å²) in [5, 5.41) is 0.491. The van der Waals surface area contributed by atoms with Crippen LogP contribution in [0.25, 0.3) is 10.2 Å². The first-order chi connectivity index (χ1) is 16.3. The van der Waals surface area contributed by atoms with Crippen molar-refractivity contribution < 1.29 is 23.9 Å². The maximum Gasteiger partial charge on any atom is 0.262 e. The molecule has 34 heavy (non-hydrogen) atoms. The molecule has 3 amide bonds. The highest BCUT2D eigenvalue weighted by Gasteiger charge is 2.37. The van der Waals surface area contributed by atoms with Gasteiger partial charge in [0.2, 0.25) is 5.91 Å². The highest BCUT2D eigenvalue weighted by atomic mass is 32.1. The second-order valence-electron chi connectivity index (χ2n) is 8.12. The number of nitrogens with zero attached hydrogens (tertiary/aromatic N) is 4. The summed E-state index contributed by atoms with van der Waals surface area (Å²) >= 11 is 1.34. The van der Waals surface area contributed by atoms with E-state index in [0.29, 0.717) is 46.2 Å². The molecule has 2 heterocycles. The standard InChI is InChI=1S/C24H26N4O5S/c1-26(2)10-7-11-27(24-25-17-12-18(32-3)19(33-4)13-20(17)34-24)21(29)14-28-22(30)15-8-5-6-9-16(15)23(28)31/h5-6,8-9,12-13H,7,10-11,14H2,1-4H3. The summed E-state index contributed by atoms with van der Waals surface area (Å²) in [7, 11) is 7.03. The van der Waals surface area contributed by atoms with Crippen LogP contribution < -0.4 is 14.4 Å². The van der Waals surface area contributed by atoms with Gasteiger partial charge in [-0.15, -0.1) is 0 Å². The van der Waals surface area contributed by atoms with E-state index in [4.69, 9.17) is 9.47 Å². The number of methoxy groups -OCH3 is 2. The zero-order chi connectivity index (χ0) is 24.4. The van der Waals surface area contributed by atoms with E-state index in [9.17, 15) is 14.4 Å². The Morgan fingerprint density at radius 2 is 1.62 bits per heavy atom. The largest absolute Gasteiger partial charge is 0.493 e. The molecule has 0 N–H and O–H groups in total. The number of aromatic nitrogens is 1. The van der Waals surface area contributed by atoms with Crippen molar-refractivity contribution in [3.63, 3.8) is 0 Å². The van der Waals surface area contributed by atoms with E-state index >= 15 is 0 Å². The Hall–Kier alpha value is -3.50. The van der Waals surface area contributed by atoms with Crippen molar-refractivity contribution >= 4 is 44.4 Å².